The topological polar surface area (TPSA) is 146 Å². The number of likely N-dealkylation sites (tertiary alicyclic amines) is 1. The first-order chi connectivity index (χ1) is 24.1. The van der Waals surface area contributed by atoms with Crippen LogP contribution in [0.1, 0.15) is 92.9 Å². The summed E-state index contributed by atoms with van der Waals surface area (Å²) in [6, 6.07) is -0.923. The Labute approximate surface area is 304 Å². The minimum atomic E-state index is -0.780. The Morgan fingerprint density at radius 2 is 1.53 bits per heavy atom. The lowest BCUT2D eigenvalue weighted by Gasteiger charge is -2.40. The predicted molar refractivity (Wildman–Crippen MR) is 193 cm³/mol. The van der Waals surface area contributed by atoms with Crippen LogP contribution < -0.4 is 5.32 Å². The number of rotatable bonds is 21. The predicted octanol–water partition coefficient (Wildman–Crippen LogP) is 3.01. The highest BCUT2D eigenvalue weighted by Crippen LogP contribution is 2.50. The number of unbranched alkanes of at least 4 members (excludes halogenated alkanes) is 2. The van der Waals surface area contributed by atoms with E-state index in [1.54, 1.807) is 33.2 Å². The van der Waals surface area contributed by atoms with Gasteiger partial charge in [-0.2, -0.15) is 0 Å². The number of imide groups is 1. The molecule has 0 aromatic carbocycles. The van der Waals surface area contributed by atoms with Crippen molar-refractivity contribution in [3.8, 4) is 0 Å². The first-order valence-corrected chi connectivity index (χ1v) is 18.8. The van der Waals surface area contributed by atoms with Gasteiger partial charge in [0.05, 0.1) is 37.3 Å². The average molecular weight is 718 g/mol. The number of carbonyl (C=O) groups is 6. The number of ether oxygens (including phenoxy) is 2. The Morgan fingerprint density at radius 1 is 0.882 bits per heavy atom. The SMILES string of the molecule is CCC(C)C(C(CC(=O)N1C2CC2CC1C(OC)C(C)C)OC)N(C)C(=O)CNC(=O)C(C(C)C)N(C)C(=O)CCCCCN1C(=O)C=CC1=O. The number of likely N-dealkylation sites (N-methyl/N-ethyl adjacent to an activating group) is 2. The number of methoxy groups -OCH3 is 2. The summed E-state index contributed by atoms with van der Waals surface area (Å²) in [5.41, 5.74) is 0. The number of fused-ring (bicyclic) bond motifs is 1. The number of hydrogen-bond acceptors (Lipinski definition) is 8. The number of hydrogen-bond donors (Lipinski definition) is 1. The molecule has 3 aliphatic rings. The van der Waals surface area contributed by atoms with Crippen LogP contribution in [0.2, 0.25) is 0 Å². The van der Waals surface area contributed by atoms with Gasteiger partial charge in [-0.15, -0.1) is 0 Å². The lowest BCUT2D eigenvalue weighted by molar-refractivity contribution is -0.146. The second kappa shape index (κ2) is 19.0. The largest absolute Gasteiger partial charge is 0.379 e. The van der Waals surface area contributed by atoms with Crippen LogP contribution in [0, 0.1) is 23.7 Å². The molecular formula is C38H63N5O8. The zero-order valence-electron chi connectivity index (χ0n) is 32.6. The van der Waals surface area contributed by atoms with Crippen molar-refractivity contribution in [2.45, 2.75) is 129 Å². The summed E-state index contributed by atoms with van der Waals surface area (Å²) in [5, 5.41) is 2.77. The van der Waals surface area contributed by atoms with Gasteiger partial charge in [-0.1, -0.05) is 54.4 Å². The van der Waals surface area contributed by atoms with Crippen molar-refractivity contribution >= 4 is 35.4 Å². The van der Waals surface area contributed by atoms with Gasteiger partial charge >= 0.3 is 0 Å². The second-order valence-corrected chi connectivity index (χ2v) is 15.4. The van der Waals surface area contributed by atoms with E-state index in [2.05, 4.69) is 19.2 Å². The molecule has 0 spiro atoms. The first-order valence-electron chi connectivity index (χ1n) is 18.8. The Balaban J connectivity index is 1.57. The first kappa shape index (κ1) is 42.1. The van der Waals surface area contributed by atoms with Crippen LogP contribution in [0.5, 0.6) is 0 Å². The monoisotopic (exact) mass is 717 g/mol. The molecule has 288 valence electrons. The minimum absolute atomic E-state index is 0.0120. The summed E-state index contributed by atoms with van der Waals surface area (Å²) in [4.78, 5) is 83.8. The smallest absolute Gasteiger partial charge is 0.253 e. The molecule has 13 nitrogen and oxygen atoms in total. The number of carbonyl (C=O) groups excluding carboxylic acids is 6. The van der Waals surface area contributed by atoms with Crippen LogP contribution in [0.15, 0.2) is 12.2 Å². The van der Waals surface area contributed by atoms with Crippen molar-refractivity contribution in [1.29, 1.82) is 0 Å². The minimum Gasteiger partial charge on any atom is -0.379 e. The molecule has 6 amide bonds. The summed E-state index contributed by atoms with van der Waals surface area (Å²) in [5.74, 6) is -0.972. The normalized spacial score (nSPS) is 22.5. The standard InChI is InChI=1S/C38H63N5O8/c1-11-25(6)36(29(50-9)21-33(47)43-27-19-26(27)20-28(43)37(51-10)24(4)5)41(8)34(48)22-39-38(49)35(23(2)3)40(7)30(44)15-13-12-14-18-42-31(45)16-17-32(42)46/h16-17,23-29,35-37H,11-15,18-22H2,1-10H3,(H,39,49). The van der Waals surface area contributed by atoms with E-state index < -0.39 is 24.1 Å². The van der Waals surface area contributed by atoms with Crippen molar-refractivity contribution in [3.63, 3.8) is 0 Å². The highest BCUT2D eigenvalue weighted by Gasteiger charge is 2.56. The Hall–Kier alpha value is -3.32. The number of amides is 6. The quantitative estimate of drug-likeness (QED) is 0.141. The summed E-state index contributed by atoms with van der Waals surface area (Å²) in [6.45, 7) is 12.1. The summed E-state index contributed by atoms with van der Waals surface area (Å²) >= 11 is 0. The molecule has 1 N–H and O–H groups in total. The molecule has 0 aromatic rings. The molecule has 3 rings (SSSR count). The van der Waals surface area contributed by atoms with E-state index in [1.165, 1.54) is 22.0 Å². The van der Waals surface area contributed by atoms with Crippen LogP contribution in [0.4, 0.5) is 0 Å². The fourth-order valence-electron chi connectivity index (χ4n) is 8.08. The van der Waals surface area contributed by atoms with Crippen LogP contribution in [0.3, 0.4) is 0 Å². The van der Waals surface area contributed by atoms with E-state index in [4.69, 9.17) is 9.47 Å². The molecule has 1 saturated carbocycles. The number of nitrogens with one attached hydrogen (secondary N) is 1. The van der Waals surface area contributed by atoms with Gasteiger partial charge in [-0.3, -0.25) is 33.7 Å². The zero-order chi connectivity index (χ0) is 38.2. The fourth-order valence-corrected chi connectivity index (χ4v) is 8.08. The van der Waals surface area contributed by atoms with E-state index in [-0.39, 0.29) is 84.9 Å². The second-order valence-electron chi connectivity index (χ2n) is 15.4. The molecular weight excluding hydrogens is 654 g/mol. The van der Waals surface area contributed by atoms with Crippen molar-refractivity contribution in [3.05, 3.63) is 12.2 Å². The van der Waals surface area contributed by atoms with Crippen molar-refractivity contribution in [2.24, 2.45) is 23.7 Å². The molecule has 8 unspecified atom stereocenters. The molecule has 1 saturated heterocycles. The third kappa shape index (κ3) is 10.4. The van der Waals surface area contributed by atoms with Crippen molar-refractivity contribution < 1.29 is 38.2 Å². The van der Waals surface area contributed by atoms with Crippen molar-refractivity contribution in [2.75, 3.05) is 41.4 Å². The summed E-state index contributed by atoms with van der Waals surface area (Å²) in [7, 11) is 6.57. The lowest BCUT2D eigenvalue weighted by Crippen LogP contribution is -2.55. The third-order valence-electron chi connectivity index (χ3n) is 11.2. The fraction of sp³-hybridized carbons (Fsp3) is 0.789. The van der Waals surface area contributed by atoms with Crippen molar-refractivity contribution in [1.82, 2.24) is 24.9 Å². The zero-order valence-corrected chi connectivity index (χ0v) is 32.6. The van der Waals surface area contributed by atoms with Gasteiger partial charge in [0.2, 0.25) is 23.6 Å². The Kier molecular flexibility index (Phi) is 15.6. The molecule has 0 aromatic heterocycles. The van der Waals surface area contributed by atoms with Gasteiger partial charge < -0.3 is 29.5 Å². The molecule has 13 heteroatoms. The molecule has 2 fully saturated rings. The van der Waals surface area contributed by atoms with Gasteiger partial charge in [0.1, 0.15) is 6.04 Å². The maximum Gasteiger partial charge on any atom is 0.253 e. The van der Waals surface area contributed by atoms with Crippen LogP contribution in [-0.4, -0.2) is 133 Å². The molecule has 8 atom stereocenters. The lowest BCUT2D eigenvalue weighted by atomic mass is 9.90. The highest BCUT2D eigenvalue weighted by atomic mass is 16.5. The number of piperidine rings is 1. The van der Waals surface area contributed by atoms with E-state index in [0.29, 0.717) is 31.7 Å². The van der Waals surface area contributed by atoms with Gasteiger partial charge in [0.25, 0.3) is 11.8 Å². The van der Waals surface area contributed by atoms with E-state index >= 15 is 0 Å². The molecule has 51 heavy (non-hydrogen) atoms. The van der Waals surface area contributed by atoms with Gasteiger partial charge in [-0.05, 0) is 49.4 Å². The van der Waals surface area contributed by atoms with Gasteiger partial charge in [0.15, 0.2) is 0 Å². The Morgan fingerprint density at radius 3 is 2.08 bits per heavy atom. The molecule has 0 radical (unpaired) electrons. The van der Waals surface area contributed by atoms with Crippen LogP contribution >= 0.6 is 0 Å². The molecule has 1 aliphatic carbocycles. The summed E-state index contributed by atoms with van der Waals surface area (Å²) < 4.78 is 11.8. The van der Waals surface area contributed by atoms with Gasteiger partial charge in [-0.25, -0.2) is 0 Å². The molecule has 2 heterocycles. The third-order valence-corrected chi connectivity index (χ3v) is 11.2. The van der Waals surface area contributed by atoms with E-state index in [1.807, 2.05) is 32.6 Å². The number of nitrogens with zero attached hydrogens (tertiary/aromatic N) is 4. The molecule has 0 bridgehead atoms. The highest BCUT2D eigenvalue weighted by molar-refractivity contribution is 6.12. The van der Waals surface area contributed by atoms with Crippen LogP contribution in [0.25, 0.3) is 0 Å². The average Bonchev–Trinajstić information content (AvgIpc) is 3.63. The maximum atomic E-state index is 13.9. The Bertz CT molecular complexity index is 1270. The van der Waals surface area contributed by atoms with Gasteiger partial charge in [0, 0.05) is 59.5 Å². The van der Waals surface area contributed by atoms with E-state index in [9.17, 15) is 28.8 Å². The van der Waals surface area contributed by atoms with Crippen LogP contribution in [-0.2, 0) is 38.2 Å². The molecule has 2 aliphatic heterocycles. The van der Waals surface area contributed by atoms with E-state index in [0.717, 1.165) is 19.3 Å². The summed E-state index contributed by atoms with van der Waals surface area (Å²) in [6.07, 6.45) is 6.76. The maximum absolute atomic E-state index is 13.9.